The molecule has 3 rings (SSSR count). The van der Waals surface area contributed by atoms with Crippen molar-refractivity contribution in [1.29, 1.82) is 0 Å². The van der Waals surface area contributed by atoms with Crippen LogP contribution in [0, 0.1) is 0 Å². The zero-order valence-electron chi connectivity index (χ0n) is 15.1. The molecule has 1 aliphatic heterocycles. The Kier molecular flexibility index (Phi) is 5.93. The van der Waals surface area contributed by atoms with Gasteiger partial charge in [-0.3, -0.25) is 4.99 Å². The van der Waals surface area contributed by atoms with Gasteiger partial charge in [0.1, 0.15) is 0 Å². The molecule has 0 aliphatic carbocycles. The van der Waals surface area contributed by atoms with Gasteiger partial charge in [-0.2, -0.15) is 0 Å². The summed E-state index contributed by atoms with van der Waals surface area (Å²) in [4.78, 5) is 6.51. The van der Waals surface area contributed by atoms with Gasteiger partial charge in [0.15, 0.2) is 15.8 Å². The summed E-state index contributed by atoms with van der Waals surface area (Å²) in [5, 5.41) is 3.30. The molecule has 0 saturated carbocycles. The molecule has 0 spiro atoms. The third-order valence-corrected chi connectivity index (χ3v) is 6.18. The number of para-hydroxylation sites is 1. The van der Waals surface area contributed by atoms with Gasteiger partial charge in [-0.1, -0.05) is 48.5 Å². The molecule has 5 nitrogen and oxygen atoms in total. The molecule has 1 heterocycles. The number of fused-ring (bicyclic) bond motifs is 1. The summed E-state index contributed by atoms with van der Waals surface area (Å²) in [5.74, 6) is 1.07. The van der Waals surface area contributed by atoms with Crippen molar-refractivity contribution in [3.8, 4) is 0 Å². The molecular formula is C20H25N3O2S. The van der Waals surface area contributed by atoms with Crippen LogP contribution in [0.15, 0.2) is 59.6 Å². The highest BCUT2D eigenvalue weighted by Gasteiger charge is 2.22. The summed E-state index contributed by atoms with van der Waals surface area (Å²) in [6, 6.07) is 17.6. The summed E-state index contributed by atoms with van der Waals surface area (Å²) in [7, 11) is -1.34. The Morgan fingerprint density at radius 1 is 1.12 bits per heavy atom. The molecule has 2 aromatic carbocycles. The summed E-state index contributed by atoms with van der Waals surface area (Å²) >= 11 is 0. The minimum atomic E-state index is -3.10. The second-order valence-electron chi connectivity index (χ2n) is 6.44. The molecule has 138 valence electrons. The molecule has 0 aromatic heterocycles. The molecule has 0 saturated heterocycles. The summed E-state index contributed by atoms with van der Waals surface area (Å²) < 4.78 is 24.5. The van der Waals surface area contributed by atoms with Gasteiger partial charge in [0.25, 0.3) is 0 Å². The Labute approximate surface area is 155 Å². The van der Waals surface area contributed by atoms with E-state index < -0.39 is 9.84 Å². The van der Waals surface area contributed by atoms with Crippen LogP contribution in [-0.4, -0.2) is 40.3 Å². The minimum absolute atomic E-state index is 0.0993. The number of anilines is 1. The van der Waals surface area contributed by atoms with E-state index in [9.17, 15) is 8.42 Å². The van der Waals surface area contributed by atoms with Crippen LogP contribution in [0.5, 0.6) is 0 Å². The Morgan fingerprint density at radius 2 is 1.85 bits per heavy atom. The lowest BCUT2D eigenvalue weighted by atomic mass is 10.2. The van der Waals surface area contributed by atoms with Crippen molar-refractivity contribution in [3.63, 3.8) is 0 Å². The normalized spacial score (nSPS) is 14.3. The van der Waals surface area contributed by atoms with Crippen LogP contribution < -0.4 is 10.2 Å². The van der Waals surface area contributed by atoms with Crippen LogP contribution in [0.25, 0.3) is 0 Å². The molecule has 26 heavy (non-hydrogen) atoms. The van der Waals surface area contributed by atoms with E-state index in [4.69, 9.17) is 0 Å². The van der Waals surface area contributed by atoms with Crippen molar-refractivity contribution in [2.24, 2.45) is 4.99 Å². The maximum Gasteiger partial charge on any atom is 0.198 e. The van der Waals surface area contributed by atoms with E-state index >= 15 is 0 Å². The molecule has 6 heteroatoms. The number of nitrogens with one attached hydrogen (secondary N) is 1. The fraction of sp³-hybridized carbons (Fsp3) is 0.350. The number of rotatable bonds is 6. The average molecular weight is 372 g/mol. The first-order chi connectivity index (χ1) is 12.6. The van der Waals surface area contributed by atoms with Gasteiger partial charge in [0, 0.05) is 25.8 Å². The fourth-order valence-electron chi connectivity index (χ4n) is 3.25. The number of hydrogen-bond donors (Lipinski definition) is 1. The first kappa shape index (κ1) is 18.5. The fourth-order valence-corrected chi connectivity index (χ4v) is 4.67. The third kappa shape index (κ3) is 4.64. The molecule has 0 fully saturated rings. The second kappa shape index (κ2) is 8.36. The zero-order chi connectivity index (χ0) is 18.4. The monoisotopic (exact) mass is 371 g/mol. The number of hydrogen-bond acceptors (Lipinski definition) is 3. The predicted octanol–water partition coefficient (Wildman–Crippen LogP) is 2.63. The van der Waals surface area contributed by atoms with Crippen molar-refractivity contribution in [1.82, 2.24) is 5.32 Å². The van der Waals surface area contributed by atoms with Gasteiger partial charge < -0.3 is 10.2 Å². The quantitative estimate of drug-likeness (QED) is 0.482. The number of sulfone groups is 1. The van der Waals surface area contributed by atoms with E-state index in [0.29, 0.717) is 13.0 Å². The lowest BCUT2D eigenvalue weighted by Crippen LogP contribution is -2.41. The zero-order valence-corrected chi connectivity index (χ0v) is 15.9. The van der Waals surface area contributed by atoms with Gasteiger partial charge >= 0.3 is 0 Å². The lowest BCUT2D eigenvalue weighted by Gasteiger charge is -2.22. The maximum atomic E-state index is 12.3. The van der Waals surface area contributed by atoms with Crippen LogP contribution in [0.1, 0.15) is 17.5 Å². The Balaban J connectivity index is 1.50. The van der Waals surface area contributed by atoms with Crippen LogP contribution >= 0.6 is 0 Å². The van der Waals surface area contributed by atoms with E-state index in [-0.39, 0.29) is 11.5 Å². The molecule has 0 radical (unpaired) electrons. The highest BCUT2D eigenvalue weighted by Crippen LogP contribution is 2.27. The van der Waals surface area contributed by atoms with Gasteiger partial charge in [-0.15, -0.1) is 0 Å². The first-order valence-corrected chi connectivity index (χ1v) is 10.7. The van der Waals surface area contributed by atoms with Crippen molar-refractivity contribution >= 4 is 21.5 Å². The topological polar surface area (TPSA) is 61.8 Å². The van der Waals surface area contributed by atoms with Crippen molar-refractivity contribution in [2.75, 3.05) is 30.8 Å². The number of aliphatic imine (C=N–C) groups is 1. The van der Waals surface area contributed by atoms with Gasteiger partial charge in [-0.25, -0.2) is 8.42 Å². The van der Waals surface area contributed by atoms with E-state index in [1.807, 2.05) is 36.4 Å². The van der Waals surface area contributed by atoms with Gasteiger partial charge in [0.05, 0.1) is 11.5 Å². The van der Waals surface area contributed by atoms with Crippen LogP contribution in [-0.2, 0) is 22.0 Å². The highest BCUT2D eigenvalue weighted by molar-refractivity contribution is 7.90. The molecular weight excluding hydrogens is 346 g/mol. The molecule has 0 amide bonds. The second-order valence-corrected chi connectivity index (χ2v) is 8.62. The minimum Gasteiger partial charge on any atom is -0.356 e. The Morgan fingerprint density at radius 3 is 2.62 bits per heavy atom. The smallest absolute Gasteiger partial charge is 0.198 e. The van der Waals surface area contributed by atoms with E-state index in [0.717, 1.165) is 24.5 Å². The Bertz CT molecular complexity index is 864. The SMILES string of the molecule is CN=C(NCCCS(=O)(=O)Cc1ccccc1)N1CCc2ccccc21. The summed E-state index contributed by atoms with van der Waals surface area (Å²) in [6.45, 7) is 1.48. The maximum absolute atomic E-state index is 12.3. The van der Waals surface area contributed by atoms with E-state index in [1.54, 1.807) is 7.05 Å². The van der Waals surface area contributed by atoms with Gasteiger partial charge in [-0.05, 0) is 30.0 Å². The third-order valence-electron chi connectivity index (χ3n) is 4.50. The first-order valence-electron chi connectivity index (χ1n) is 8.89. The molecule has 1 N–H and O–H groups in total. The predicted molar refractivity (Wildman–Crippen MR) is 107 cm³/mol. The van der Waals surface area contributed by atoms with Crippen molar-refractivity contribution in [2.45, 2.75) is 18.6 Å². The largest absolute Gasteiger partial charge is 0.356 e. The van der Waals surface area contributed by atoms with Crippen molar-refractivity contribution < 1.29 is 8.42 Å². The molecule has 2 aromatic rings. The van der Waals surface area contributed by atoms with Crippen LogP contribution in [0.2, 0.25) is 0 Å². The molecule has 0 bridgehead atoms. The average Bonchev–Trinajstić information content (AvgIpc) is 3.06. The number of nitrogens with zero attached hydrogens (tertiary/aromatic N) is 2. The number of guanidine groups is 1. The standard InChI is InChI=1S/C20H25N3O2S/c1-21-20(23-14-12-18-10-5-6-11-19(18)23)22-13-7-15-26(24,25)16-17-8-3-2-4-9-17/h2-6,8-11H,7,12-16H2,1H3,(H,21,22). The molecule has 0 unspecified atom stereocenters. The Hall–Kier alpha value is -2.34. The van der Waals surface area contributed by atoms with Crippen LogP contribution in [0.4, 0.5) is 5.69 Å². The molecule has 0 atom stereocenters. The van der Waals surface area contributed by atoms with E-state index in [2.05, 4.69) is 33.4 Å². The summed E-state index contributed by atoms with van der Waals surface area (Å²) in [5.41, 5.74) is 3.34. The van der Waals surface area contributed by atoms with Crippen LogP contribution in [0.3, 0.4) is 0 Å². The highest BCUT2D eigenvalue weighted by atomic mass is 32.2. The number of benzene rings is 2. The van der Waals surface area contributed by atoms with Crippen molar-refractivity contribution in [3.05, 3.63) is 65.7 Å². The van der Waals surface area contributed by atoms with Gasteiger partial charge in [0.2, 0.25) is 0 Å². The lowest BCUT2D eigenvalue weighted by molar-refractivity contribution is 0.592. The molecule has 1 aliphatic rings. The van der Waals surface area contributed by atoms with E-state index in [1.165, 1.54) is 11.3 Å². The summed E-state index contributed by atoms with van der Waals surface area (Å²) in [6.07, 6.45) is 1.56.